The molecule has 0 aliphatic carbocycles. The van der Waals surface area contributed by atoms with Gasteiger partial charge in [0.25, 0.3) is 0 Å². The maximum Gasteiger partial charge on any atom is 0.460 e. The molecule has 0 radical (unpaired) electrons. The fourth-order valence-corrected chi connectivity index (χ4v) is 2.42. The molecular formula is C16H19O3P. The third-order valence-corrected chi connectivity index (χ3v) is 3.59. The van der Waals surface area contributed by atoms with E-state index in [2.05, 4.69) is 6.92 Å². The molecule has 2 rings (SSSR count). The van der Waals surface area contributed by atoms with Gasteiger partial charge in [-0.2, -0.15) is 0 Å². The van der Waals surface area contributed by atoms with E-state index in [0.29, 0.717) is 11.5 Å². The van der Waals surface area contributed by atoms with Crippen LogP contribution < -0.4 is 9.05 Å². The van der Waals surface area contributed by atoms with Crippen LogP contribution in [0.4, 0.5) is 0 Å². The number of hydrogen-bond acceptors (Lipinski definition) is 3. The molecule has 0 spiro atoms. The zero-order valence-electron chi connectivity index (χ0n) is 11.5. The zero-order valence-corrected chi connectivity index (χ0v) is 12.4. The lowest BCUT2D eigenvalue weighted by molar-refractivity contribution is 0.381. The van der Waals surface area contributed by atoms with Crippen molar-refractivity contribution in [3.05, 3.63) is 60.2 Å². The summed E-state index contributed by atoms with van der Waals surface area (Å²) < 4.78 is 10.7. The van der Waals surface area contributed by atoms with Crippen LogP contribution in [-0.4, -0.2) is 4.89 Å². The molecule has 0 fully saturated rings. The number of hydrogen-bond donors (Lipinski definition) is 1. The van der Waals surface area contributed by atoms with Gasteiger partial charge < -0.3 is 13.9 Å². The number of para-hydroxylation sites is 1. The summed E-state index contributed by atoms with van der Waals surface area (Å²) in [6.07, 6.45) is 3.44. The lowest BCUT2D eigenvalue weighted by atomic mass is 10.1. The van der Waals surface area contributed by atoms with E-state index < -0.39 is 8.60 Å². The van der Waals surface area contributed by atoms with Gasteiger partial charge in [-0.3, -0.25) is 0 Å². The van der Waals surface area contributed by atoms with Crippen molar-refractivity contribution < 1.29 is 13.9 Å². The van der Waals surface area contributed by atoms with Gasteiger partial charge in [-0.1, -0.05) is 43.7 Å². The highest BCUT2D eigenvalue weighted by atomic mass is 31.2. The van der Waals surface area contributed by atoms with Crippen LogP contribution in [0.2, 0.25) is 0 Å². The quantitative estimate of drug-likeness (QED) is 0.751. The minimum Gasteiger partial charge on any atom is -0.418 e. The van der Waals surface area contributed by atoms with E-state index in [0.717, 1.165) is 6.42 Å². The molecule has 1 N–H and O–H groups in total. The van der Waals surface area contributed by atoms with Crippen molar-refractivity contribution in [2.45, 2.75) is 26.2 Å². The van der Waals surface area contributed by atoms with Crippen molar-refractivity contribution in [1.29, 1.82) is 0 Å². The number of benzene rings is 2. The highest BCUT2D eigenvalue weighted by Gasteiger charge is 2.10. The maximum atomic E-state index is 9.79. The highest BCUT2D eigenvalue weighted by molar-refractivity contribution is 7.41. The smallest absolute Gasteiger partial charge is 0.418 e. The zero-order chi connectivity index (χ0) is 14.2. The first-order valence-electron chi connectivity index (χ1n) is 6.77. The van der Waals surface area contributed by atoms with Gasteiger partial charge in [0, 0.05) is 0 Å². The summed E-state index contributed by atoms with van der Waals surface area (Å²) in [5.41, 5.74) is 1.28. The normalized spacial score (nSPS) is 11.9. The van der Waals surface area contributed by atoms with Crippen LogP contribution in [0, 0.1) is 0 Å². The second-order valence-electron chi connectivity index (χ2n) is 4.48. The SMILES string of the molecule is CCCCc1ccc(OP(O)Oc2ccccc2)cc1. The molecule has 0 saturated heterocycles. The Bertz CT molecular complexity index is 499. The molecule has 0 aliphatic rings. The summed E-state index contributed by atoms with van der Waals surface area (Å²) in [5, 5.41) is 0. The van der Waals surface area contributed by atoms with Gasteiger partial charge in [0.2, 0.25) is 0 Å². The first-order valence-corrected chi connectivity index (χ1v) is 7.90. The maximum absolute atomic E-state index is 9.79. The molecule has 0 aromatic heterocycles. The molecule has 3 nitrogen and oxygen atoms in total. The van der Waals surface area contributed by atoms with Crippen molar-refractivity contribution in [2.75, 3.05) is 0 Å². The number of rotatable bonds is 7. The predicted molar refractivity (Wildman–Crippen MR) is 81.9 cm³/mol. The van der Waals surface area contributed by atoms with Crippen LogP contribution in [0.1, 0.15) is 25.3 Å². The Hall–Kier alpha value is -1.57. The minimum atomic E-state index is -1.95. The lowest BCUT2D eigenvalue weighted by Crippen LogP contribution is -1.94. The Balaban J connectivity index is 1.86. The van der Waals surface area contributed by atoms with E-state index >= 15 is 0 Å². The van der Waals surface area contributed by atoms with Gasteiger partial charge in [0.15, 0.2) is 0 Å². The van der Waals surface area contributed by atoms with Gasteiger partial charge in [-0.05, 0) is 42.7 Å². The summed E-state index contributed by atoms with van der Waals surface area (Å²) in [7, 11) is -1.95. The molecule has 0 saturated carbocycles. The van der Waals surface area contributed by atoms with Gasteiger partial charge in [0.05, 0.1) is 0 Å². The molecule has 0 bridgehead atoms. The fraction of sp³-hybridized carbons (Fsp3) is 0.250. The molecule has 0 heterocycles. The minimum absolute atomic E-state index is 0.598. The molecular weight excluding hydrogens is 271 g/mol. The lowest BCUT2D eigenvalue weighted by Gasteiger charge is -2.12. The first-order chi connectivity index (χ1) is 9.78. The van der Waals surface area contributed by atoms with Crippen molar-refractivity contribution in [3.8, 4) is 11.5 Å². The van der Waals surface area contributed by atoms with Crippen molar-refractivity contribution in [1.82, 2.24) is 0 Å². The van der Waals surface area contributed by atoms with Crippen LogP contribution in [-0.2, 0) is 6.42 Å². The summed E-state index contributed by atoms with van der Waals surface area (Å²) in [5.74, 6) is 1.22. The topological polar surface area (TPSA) is 38.7 Å². The summed E-state index contributed by atoms with van der Waals surface area (Å²) >= 11 is 0. The largest absolute Gasteiger partial charge is 0.460 e. The third-order valence-electron chi connectivity index (χ3n) is 2.85. The molecule has 4 heteroatoms. The monoisotopic (exact) mass is 290 g/mol. The highest BCUT2D eigenvalue weighted by Crippen LogP contribution is 2.36. The van der Waals surface area contributed by atoms with Crippen molar-refractivity contribution >= 4 is 8.60 Å². The standard InChI is InChI=1S/C16H19O3P/c1-2-3-7-14-10-12-16(13-11-14)19-20(17)18-15-8-5-4-6-9-15/h4-6,8-13,17H,2-3,7H2,1H3. The van der Waals surface area contributed by atoms with E-state index in [1.165, 1.54) is 18.4 Å². The molecule has 2 aromatic carbocycles. The Morgan fingerprint density at radius 1 is 0.900 bits per heavy atom. The van der Waals surface area contributed by atoms with Gasteiger partial charge >= 0.3 is 8.60 Å². The molecule has 0 aliphatic heterocycles. The van der Waals surface area contributed by atoms with Gasteiger partial charge in [-0.15, -0.1) is 0 Å². The third kappa shape index (κ3) is 4.84. The van der Waals surface area contributed by atoms with Gasteiger partial charge in [0.1, 0.15) is 11.5 Å². The molecule has 2 aromatic rings. The van der Waals surface area contributed by atoms with Crippen LogP contribution in [0.15, 0.2) is 54.6 Å². The van der Waals surface area contributed by atoms with E-state index in [1.54, 1.807) is 12.1 Å². The average molecular weight is 290 g/mol. The van der Waals surface area contributed by atoms with Crippen LogP contribution >= 0.6 is 8.60 Å². The molecule has 1 atom stereocenters. The van der Waals surface area contributed by atoms with Crippen LogP contribution in [0.25, 0.3) is 0 Å². The Morgan fingerprint density at radius 2 is 1.50 bits per heavy atom. The molecule has 20 heavy (non-hydrogen) atoms. The first kappa shape index (κ1) is 14.8. The summed E-state index contributed by atoms with van der Waals surface area (Å²) in [6, 6.07) is 16.9. The van der Waals surface area contributed by atoms with E-state index in [4.69, 9.17) is 9.05 Å². The molecule has 106 valence electrons. The van der Waals surface area contributed by atoms with E-state index in [-0.39, 0.29) is 0 Å². The van der Waals surface area contributed by atoms with Gasteiger partial charge in [-0.25, -0.2) is 0 Å². The predicted octanol–water partition coefficient (Wildman–Crippen LogP) is 4.71. The Kier molecular flexibility index (Phi) is 5.85. The van der Waals surface area contributed by atoms with Crippen molar-refractivity contribution in [3.63, 3.8) is 0 Å². The van der Waals surface area contributed by atoms with E-state index in [1.807, 2.05) is 42.5 Å². The number of unbranched alkanes of at least 4 members (excludes halogenated alkanes) is 1. The van der Waals surface area contributed by atoms with E-state index in [9.17, 15) is 4.89 Å². The Morgan fingerprint density at radius 3 is 2.10 bits per heavy atom. The molecule has 1 unspecified atom stereocenters. The molecule has 0 amide bonds. The van der Waals surface area contributed by atoms with Crippen LogP contribution in [0.5, 0.6) is 11.5 Å². The summed E-state index contributed by atoms with van der Waals surface area (Å²) in [6.45, 7) is 2.18. The fourth-order valence-electron chi connectivity index (χ4n) is 1.78. The Labute approximate surface area is 121 Å². The average Bonchev–Trinajstić information content (AvgIpc) is 2.47. The second-order valence-corrected chi connectivity index (χ2v) is 5.32. The second kappa shape index (κ2) is 7.88. The number of aryl methyl sites for hydroxylation is 1. The summed E-state index contributed by atoms with van der Waals surface area (Å²) in [4.78, 5) is 9.79. The van der Waals surface area contributed by atoms with Crippen LogP contribution in [0.3, 0.4) is 0 Å². The van der Waals surface area contributed by atoms with Crippen molar-refractivity contribution in [2.24, 2.45) is 0 Å².